The number of aromatic nitrogens is 2. The number of para-hydroxylation sites is 1. The Morgan fingerprint density at radius 1 is 1.03 bits per heavy atom. The van der Waals surface area contributed by atoms with Crippen LogP contribution in [0.4, 0.5) is 5.69 Å². The van der Waals surface area contributed by atoms with Crippen molar-refractivity contribution in [2.24, 2.45) is 0 Å². The molecule has 0 saturated heterocycles. The Morgan fingerprint density at radius 3 is 2.53 bits per heavy atom. The average Bonchev–Trinajstić information content (AvgIpc) is 2.75. The highest BCUT2D eigenvalue weighted by atomic mass is 16.5. The summed E-state index contributed by atoms with van der Waals surface area (Å²) in [6, 6.07) is 12.5. The van der Waals surface area contributed by atoms with Gasteiger partial charge in [-0.1, -0.05) is 26.0 Å². The molecule has 3 rings (SSSR count). The smallest absolute Gasteiger partial charge is 0.258 e. The fraction of sp³-hybridized carbons (Fsp3) is 0.348. The van der Waals surface area contributed by atoms with Crippen LogP contribution in [0.2, 0.25) is 0 Å². The third-order valence-corrected chi connectivity index (χ3v) is 4.40. The molecule has 0 atom stereocenters. The van der Waals surface area contributed by atoms with Gasteiger partial charge >= 0.3 is 0 Å². The van der Waals surface area contributed by atoms with Gasteiger partial charge in [0.2, 0.25) is 5.91 Å². The summed E-state index contributed by atoms with van der Waals surface area (Å²) >= 11 is 0. The maximum atomic E-state index is 12.4. The Balaban J connectivity index is 1.64. The Kier molecular flexibility index (Phi) is 7.43. The highest BCUT2D eigenvalue weighted by Crippen LogP contribution is 2.31. The minimum absolute atomic E-state index is 0.172. The number of rotatable bonds is 10. The van der Waals surface area contributed by atoms with Gasteiger partial charge in [-0.05, 0) is 37.1 Å². The second kappa shape index (κ2) is 10.4. The van der Waals surface area contributed by atoms with Crippen molar-refractivity contribution >= 4 is 22.5 Å². The lowest BCUT2D eigenvalue weighted by Crippen LogP contribution is -2.16. The van der Waals surface area contributed by atoms with E-state index >= 15 is 0 Å². The summed E-state index contributed by atoms with van der Waals surface area (Å²) in [6.07, 6.45) is 2.31. The first-order valence-corrected chi connectivity index (χ1v) is 10.3. The lowest BCUT2D eigenvalue weighted by molar-refractivity contribution is -0.116. The molecular weight excluding hydrogens is 382 g/mol. The van der Waals surface area contributed by atoms with Gasteiger partial charge in [0.25, 0.3) is 5.56 Å². The molecule has 0 bridgehead atoms. The molecule has 0 aliphatic rings. The van der Waals surface area contributed by atoms with E-state index in [0.717, 1.165) is 12.8 Å². The molecule has 0 saturated carbocycles. The largest absolute Gasteiger partial charge is 0.490 e. The number of hydrogen-bond acceptors (Lipinski definition) is 5. The molecular formula is C23H27N3O4. The number of hydrogen-bond donors (Lipinski definition) is 2. The molecule has 1 aromatic heterocycles. The zero-order chi connectivity index (χ0) is 21.3. The van der Waals surface area contributed by atoms with Crippen molar-refractivity contribution in [3.05, 3.63) is 58.6 Å². The molecule has 2 aromatic carbocycles. The first-order valence-electron chi connectivity index (χ1n) is 10.3. The van der Waals surface area contributed by atoms with Gasteiger partial charge in [0.1, 0.15) is 5.82 Å². The van der Waals surface area contributed by atoms with Crippen LogP contribution in [0.15, 0.2) is 47.3 Å². The number of amides is 1. The predicted molar refractivity (Wildman–Crippen MR) is 117 cm³/mol. The average molecular weight is 409 g/mol. The predicted octanol–water partition coefficient (Wildman–Crippen LogP) is 4.07. The lowest BCUT2D eigenvalue weighted by atomic mass is 10.2. The van der Waals surface area contributed by atoms with Crippen LogP contribution < -0.4 is 20.3 Å². The summed E-state index contributed by atoms with van der Waals surface area (Å²) in [6.45, 7) is 5.24. The number of aromatic amines is 1. The quantitative estimate of drug-likeness (QED) is 0.526. The number of ether oxygens (including phenoxy) is 2. The molecule has 30 heavy (non-hydrogen) atoms. The van der Waals surface area contributed by atoms with E-state index in [1.807, 2.05) is 19.9 Å². The molecule has 0 fully saturated rings. The van der Waals surface area contributed by atoms with Crippen molar-refractivity contribution in [2.45, 2.75) is 39.5 Å². The number of fused-ring (bicyclic) bond motifs is 1. The SMILES string of the molecule is CCCOc1ccc(NC(=O)CCc2nc3ccccc3c(=O)[nH]2)cc1OCCC. The highest BCUT2D eigenvalue weighted by molar-refractivity contribution is 5.91. The number of nitrogens with zero attached hydrogens (tertiary/aromatic N) is 1. The molecule has 0 aliphatic carbocycles. The minimum atomic E-state index is -0.198. The summed E-state index contributed by atoms with van der Waals surface area (Å²) < 4.78 is 11.5. The molecule has 2 N–H and O–H groups in total. The lowest BCUT2D eigenvalue weighted by Gasteiger charge is -2.14. The van der Waals surface area contributed by atoms with Crippen LogP contribution in [-0.4, -0.2) is 29.1 Å². The zero-order valence-electron chi connectivity index (χ0n) is 17.4. The standard InChI is InChI=1S/C23H27N3O4/c1-3-13-29-19-10-9-16(15-20(19)30-14-4-2)24-22(27)12-11-21-25-18-8-6-5-7-17(18)23(28)26-21/h5-10,15H,3-4,11-14H2,1-2H3,(H,24,27)(H,25,26,28). The first-order chi connectivity index (χ1) is 14.6. The Hall–Kier alpha value is -3.35. The van der Waals surface area contributed by atoms with Gasteiger partial charge in [-0.2, -0.15) is 0 Å². The van der Waals surface area contributed by atoms with E-state index in [9.17, 15) is 9.59 Å². The number of anilines is 1. The topological polar surface area (TPSA) is 93.3 Å². The Bertz CT molecular complexity index is 1060. The van der Waals surface area contributed by atoms with Gasteiger partial charge in [-0.3, -0.25) is 9.59 Å². The molecule has 0 unspecified atom stereocenters. The summed E-state index contributed by atoms with van der Waals surface area (Å²) in [5, 5.41) is 3.41. The Morgan fingerprint density at radius 2 is 1.77 bits per heavy atom. The number of aryl methyl sites for hydroxylation is 1. The van der Waals surface area contributed by atoms with Crippen molar-refractivity contribution in [3.8, 4) is 11.5 Å². The molecule has 7 heteroatoms. The fourth-order valence-corrected chi connectivity index (χ4v) is 2.95. The summed E-state index contributed by atoms with van der Waals surface area (Å²) in [5.41, 5.74) is 1.06. The van der Waals surface area contributed by atoms with Crippen LogP contribution in [0, 0.1) is 0 Å². The summed E-state index contributed by atoms with van der Waals surface area (Å²) in [4.78, 5) is 31.7. The van der Waals surface area contributed by atoms with Crippen molar-refractivity contribution < 1.29 is 14.3 Å². The van der Waals surface area contributed by atoms with Crippen molar-refractivity contribution in [2.75, 3.05) is 18.5 Å². The molecule has 7 nitrogen and oxygen atoms in total. The van der Waals surface area contributed by atoms with E-state index in [2.05, 4.69) is 15.3 Å². The summed E-state index contributed by atoms with van der Waals surface area (Å²) in [7, 11) is 0. The number of nitrogens with one attached hydrogen (secondary N) is 2. The van der Waals surface area contributed by atoms with E-state index in [-0.39, 0.29) is 17.9 Å². The number of H-pyrrole nitrogens is 1. The van der Waals surface area contributed by atoms with Crippen LogP contribution in [0.25, 0.3) is 10.9 Å². The highest BCUT2D eigenvalue weighted by Gasteiger charge is 2.10. The fourth-order valence-electron chi connectivity index (χ4n) is 2.95. The van der Waals surface area contributed by atoms with E-state index in [1.165, 1.54) is 0 Å². The second-order valence-electron chi connectivity index (χ2n) is 6.94. The molecule has 1 amide bonds. The molecule has 1 heterocycles. The van der Waals surface area contributed by atoms with E-state index < -0.39 is 0 Å². The van der Waals surface area contributed by atoms with Gasteiger partial charge in [-0.25, -0.2) is 4.98 Å². The first kappa shape index (κ1) is 21.4. The van der Waals surface area contributed by atoms with Crippen LogP contribution in [-0.2, 0) is 11.2 Å². The van der Waals surface area contributed by atoms with Crippen LogP contribution in [0.5, 0.6) is 11.5 Å². The number of benzene rings is 2. The van der Waals surface area contributed by atoms with Gasteiger partial charge in [0.05, 0.1) is 24.1 Å². The second-order valence-corrected chi connectivity index (χ2v) is 6.94. The van der Waals surface area contributed by atoms with E-state index in [0.29, 0.717) is 53.5 Å². The monoisotopic (exact) mass is 409 g/mol. The Labute approximate surface area is 175 Å². The molecule has 3 aromatic rings. The number of carbonyl (C=O) groups is 1. The third kappa shape index (κ3) is 5.59. The molecule has 0 aliphatic heterocycles. The van der Waals surface area contributed by atoms with Crippen molar-refractivity contribution in [1.82, 2.24) is 9.97 Å². The van der Waals surface area contributed by atoms with Crippen molar-refractivity contribution in [3.63, 3.8) is 0 Å². The molecule has 158 valence electrons. The van der Waals surface area contributed by atoms with Gasteiger partial charge in [0, 0.05) is 24.6 Å². The number of carbonyl (C=O) groups excluding carboxylic acids is 1. The van der Waals surface area contributed by atoms with E-state index in [4.69, 9.17) is 9.47 Å². The summed E-state index contributed by atoms with van der Waals surface area (Å²) in [5.74, 6) is 1.60. The molecule has 0 radical (unpaired) electrons. The van der Waals surface area contributed by atoms with Gasteiger partial charge in [-0.15, -0.1) is 0 Å². The maximum absolute atomic E-state index is 12.4. The molecule has 0 spiro atoms. The maximum Gasteiger partial charge on any atom is 0.258 e. The zero-order valence-corrected chi connectivity index (χ0v) is 17.4. The van der Waals surface area contributed by atoms with Crippen LogP contribution in [0.3, 0.4) is 0 Å². The van der Waals surface area contributed by atoms with Crippen molar-refractivity contribution in [1.29, 1.82) is 0 Å². The van der Waals surface area contributed by atoms with Crippen LogP contribution in [0.1, 0.15) is 38.9 Å². The van der Waals surface area contributed by atoms with Gasteiger partial charge in [0.15, 0.2) is 11.5 Å². The van der Waals surface area contributed by atoms with Crippen LogP contribution >= 0.6 is 0 Å². The van der Waals surface area contributed by atoms with Gasteiger partial charge < -0.3 is 19.8 Å². The minimum Gasteiger partial charge on any atom is -0.490 e. The third-order valence-electron chi connectivity index (χ3n) is 4.40. The van der Waals surface area contributed by atoms with E-state index in [1.54, 1.807) is 36.4 Å². The normalized spacial score (nSPS) is 10.7.